The van der Waals surface area contributed by atoms with Crippen LogP contribution in [-0.2, 0) is 61.1 Å². The van der Waals surface area contributed by atoms with Gasteiger partial charge in [0.15, 0.2) is 31.0 Å². The van der Waals surface area contributed by atoms with Crippen molar-refractivity contribution in [1.82, 2.24) is 0 Å². The van der Waals surface area contributed by atoms with E-state index in [4.69, 9.17) is 18.9 Å². The van der Waals surface area contributed by atoms with Crippen molar-refractivity contribution in [2.24, 2.45) is 0 Å². The molecule has 1 atom stereocenters. The standard InChI is InChI=1S/C33H29O2S2.C21H19BrO2S.C8H11F3O5S/c1-34-33(35-2,26-18-22-29(23-19-26)36-28-12-6-3-7-13-28)27-20-24-32(25-21-27)37(30-14-8-4-9-15-30)31-16-10-5-11-17-31;1-23-21(24-2,16-8-12-18(22)13-9-16)17-10-14-20(15-11-17)25-19-6-4-3-5-7-19;1-5(2)7(12)16-4-3-6(9)8(10,11)17(13,14)15/h3-25H,1-2H3;3-15H,1-2H3;6H,1,3-4H2,2H3,(H,13,14,15)/q+1;;/p-1. The Labute approximate surface area is 480 Å². The number of hydrogen-bond donors (Lipinski definition) is 0. The van der Waals surface area contributed by atoms with Crippen LogP contribution in [0.4, 0.5) is 13.2 Å². The van der Waals surface area contributed by atoms with E-state index in [9.17, 15) is 30.9 Å². The monoisotopic (exact) mass is 1210 g/mol. The van der Waals surface area contributed by atoms with Crippen LogP contribution < -0.4 is 0 Å². The summed E-state index contributed by atoms with van der Waals surface area (Å²) in [6.07, 6.45) is -4.34. The van der Waals surface area contributed by atoms with E-state index in [1.165, 1.54) is 41.2 Å². The Balaban J connectivity index is 0.000000208. The summed E-state index contributed by atoms with van der Waals surface area (Å²) in [4.78, 5) is 19.4. The molecule has 9 nitrogen and oxygen atoms in total. The van der Waals surface area contributed by atoms with Crippen LogP contribution in [0, 0.1) is 0 Å². The maximum atomic E-state index is 12.8. The summed E-state index contributed by atoms with van der Waals surface area (Å²) >= 11 is 6.94. The Morgan fingerprint density at radius 2 is 0.848 bits per heavy atom. The number of methoxy groups -OCH3 is 4. The molecule has 0 heterocycles. The summed E-state index contributed by atoms with van der Waals surface area (Å²) < 4.78 is 97.1. The summed E-state index contributed by atoms with van der Waals surface area (Å²) in [5, 5.41) is -5.04. The smallest absolute Gasteiger partial charge is 0.364 e. The molecule has 0 amide bonds. The van der Waals surface area contributed by atoms with Crippen LogP contribution >= 0.6 is 39.5 Å². The van der Waals surface area contributed by atoms with Gasteiger partial charge in [-0.1, -0.05) is 155 Å². The molecular weight excluding hydrogens is 1150 g/mol. The van der Waals surface area contributed by atoms with Crippen LogP contribution in [0.2, 0.25) is 0 Å². The second-order valence-electron chi connectivity index (χ2n) is 17.1. The summed E-state index contributed by atoms with van der Waals surface area (Å²) in [7, 11) is 0.434. The molecule has 0 fully saturated rings. The molecule has 1 unspecified atom stereocenters. The minimum atomic E-state index is -6.08. The first-order valence-electron chi connectivity index (χ1n) is 24.3. The zero-order chi connectivity index (χ0) is 57.1. The molecular formula is C62H58BrF3O9S4. The third kappa shape index (κ3) is 16.3. The first kappa shape index (κ1) is 62.2. The Bertz CT molecular complexity index is 3210. The lowest BCUT2D eigenvalue weighted by Crippen LogP contribution is -2.39. The molecule has 0 saturated carbocycles. The van der Waals surface area contributed by atoms with E-state index in [1.54, 1.807) is 52.0 Å². The Hall–Kier alpha value is -5.96. The molecule has 0 radical (unpaired) electrons. The van der Waals surface area contributed by atoms with Crippen LogP contribution in [0.1, 0.15) is 35.6 Å². The van der Waals surface area contributed by atoms with Gasteiger partial charge in [-0.2, -0.15) is 8.78 Å². The van der Waals surface area contributed by atoms with Crippen molar-refractivity contribution in [3.8, 4) is 0 Å². The molecule has 8 aromatic carbocycles. The first-order valence-corrected chi connectivity index (χ1v) is 29.4. The molecule has 17 heteroatoms. The van der Waals surface area contributed by atoms with Crippen LogP contribution in [0.25, 0.3) is 0 Å². The van der Waals surface area contributed by atoms with Crippen molar-refractivity contribution < 1.29 is 54.6 Å². The third-order valence-electron chi connectivity index (χ3n) is 11.9. The van der Waals surface area contributed by atoms with Gasteiger partial charge in [-0.3, -0.25) is 0 Å². The van der Waals surface area contributed by atoms with E-state index in [0.717, 1.165) is 26.7 Å². The van der Waals surface area contributed by atoms with Crippen LogP contribution in [0.3, 0.4) is 0 Å². The summed E-state index contributed by atoms with van der Waals surface area (Å²) in [6.45, 7) is 3.68. The van der Waals surface area contributed by atoms with Gasteiger partial charge in [-0.15, -0.1) is 0 Å². The quantitative estimate of drug-likeness (QED) is 0.0225. The fraction of sp³-hybridized carbons (Fsp3) is 0.177. The molecule has 0 aromatic heterocycles. The van der Waals surface area contributed by atoms with E-state index in [1.807, 2.05) is 48.5 Å². The van der Waals surface area contributed by atoms with Gasteiger partial charge in [0.25, 0.3) is 0 Å². The van der Waals surface area contributed by atoms with Gasteiger partial charge in [0.05, 0.1) is 17.5 Å². The number of carbonyl (C=O) groups is 1. The predicted octanol–water partition coefficient (Wildman–Crippen LogP) is 15.5. The number of hydrogen-bond acceptors (Lipinski definition) is 11. The van der Waals surface area contributed by atoms with Crippen molar-refractivity contribution >= 4 is 66.4 Å². The molecule has 412 valence electrons. The summed E-state index contributed by atoms with van der Waals surface area (Å²) in [5.74, 6) is -2.84. The predicted molar refractivity (Wildman–Crippen MR) is 309 cm³/mol. The maximum Gasteiger partial charge on any atom is 0.364 e. The van der Waals surface area contributed by atoms with Gasteiger partial charge in [-0.25, -0.2) is 17.6 Å². The number of esters is 1. The topological polar surface area (TPSA) is 120 Å². The van der Waals surface area contributed by atoms with Gasteiger partial charge in [0, 0.05) is 86.7 Å². The van der Waals surface area contributed by atoms with Crippen LogP contribution in [-0.4, -0.2) is 65.4 Å². The first-order chi connectivity index (χ1) is 37.9. The number of carbonyl (C=O) groups excluding carboxylic acids is 1. The van der Waals surface area contributed by atoms with Gasteiger partial charge < -0.3 is 28.2 Å². The highest BCUT2D eigenvalue weighted by Gasteiger charge is 2.47. The summed E-state index contributed by atoms with van der Waals surface area (Å²) in [6, 6.07) is 75.4. The molecule has 8 rings (SSSR count). The SMILES string of the molecule is C=C(C)C(=O)OCCC(F)C(F)(F)S(=O)(=O)[O-].COC(OC)(c1ccc(Br)cc1)c1ccc(Sc2ccccc2)cc1.COC(OC)(c1ccc(Sc2ccccc2)cc1)c1ccc([S+](c2ccccc2)c2ccccc2)cc1. The number of benzene rings is 8. The zero-order valence-electron chi connectivity index (χ0n) is 43.8. The largest absolute Gasteiger partial charge is 0.743 e. The zero-order valence-corrected chi connectivity index (χ0v) is 48.7. The van der Waals surface area contributed by atoms with Crippen LogP contribution in [0.5, 0.6) is 0 Å². The molecule has 0 aliphatic rings. The molecule has 0 saturated heterocycles. The number of alkyl halides is 3. The van der Waals surface area contributed by atoms with Gasteiger partial charge in [-0.05, 0) is 116 Å². The molecule has 8 aromatic rings. The Morgan fingerprint density at radius 3 is 1.18 bits per heavy atom. The Morgan fingerprint density at radius 1 is 0.544 bits per heavy atom. The second kappa shape index (κ2) is 29.5. The lowest BCUT2D eigenvalue weighted by molar-refractivity contribution is -0.184. The maximum absolute atomic E-state index is 12.8. The van der Waals surface area contributed by atoms with E-state index in [0.29, 0.717) is 0 Å². The average Bonchev–Trinajstić information content (AvgIpc) is 3.49. The fourth-order valence-corrected chi connectivity index (χ4v) is 12.3. The number of ether oxygens (including phenoxy) is 5. The van der Waals surface area contributed by atoms with Gasteiger partial charge in [0.1, 0.15) is 0 Å². The minimum absolute atomic E-state index is 0.0244. The van der Waals surface area contributed by atoms with E-state index < -0.39 is 52.1 Å². The Kier molecular flexibility index (Phi) is 23.2. The average molecular weight is 1210 g/mol. The highest BCUT2D eigenvalue weighted by Crippen LogP contribution is 2.40. The summed E-state index contributed by atoms with van der Waals surface area (Å²) in [5.41, 5.74) is 3.78. The highest BCUT2D eigenvalue weighted by atomic mass is 79.9. The van der Waals surface area contributed by atoms with Gasteiger partial charge in [0.2, 0.25) is 11.6 Å². The lowest BCUT2D eigenvalue weighted by atomic mass is 9.97. The van der Waals surface area contributed by atoms with Crippen molar-refractivity contribution in [2.45, 2.75) is 70.6 Å². The molecule has 0 spiro atoms. The molecule has 79 heavy (non-hydrogen) atoms. The number of rotatable bonds is 21. The molecule has 0 aliphatic heterocycles. The van der Waals surface area contributed by atoms with Gasteiger partial charge >= 0.3 is 11.2 Å². The minimum Gasteiger partial charge on any atom is -0.743 e. The molecule has 0 bridgehead atoms. The highest BCUT2D eigenvalue weighted by molar-refractivity contribution is 9.10. The third-order valence-corrected chi connectivity index (χ3v) is 17.6. The van der Waals surface area contributed by atoms with Crippen molar-refractivity contribution in [1.29, 1.82) is 0 Å². The van der Waals surface area contributed by atoms with Crippen molar-refractivity contribution in [2.75, 3.05) is 35.0 Å². The van der Waals surface area contributed by atoms with E-state index >= 15 is 0 Å². The molecule has 0 N–H and O–H groups in total. The van der Waals surface area contributed by atoms with Crippen molar-refractivity contribution in [3.05, 3.63) is 257 Å². The van der Waals surface area contributed by atoms with E-state index in [2.05, 4.69) is 197 Å². The normalized spacial score (nSPS) is 12.1. The van der Waals surface area contributed by atoms with Crippen molar-refractivity contribution in [3.63, 3.8) is 0 Å². The second-order valence-corrected chi connectivity index (χ2v) is 23.8. The fourth-order valence-electron chi connectivity index (χ4n) is 7.88. The molecule has 0 aliphatic carbocycles. The lowest BCUT2D eigenvalue weighted by Gasteiger charge is -2.32. The van der Waals surface area contributed by atoms with Crippen LogP contribution in [0.15, 0.2) is 269 Å². The van der Waals surface area contributed by atoms with E-state index in [-0.39, 0.29) is 16.5 Å². The number of halogens is 4.